The molecule has 0 saturated heterocycles. The van der Waals surface area contributed by atoms with Crippen molar-refractivity contribution >= 4 is 44.2 Å². The normalized spacial score (nSPS) is 12.5. The van der Waals surface area contributed by atoms with Crippen molar-refractivity contribution in [2.45, 2.75) is 13.0 Å². The molecule has 3 rings (SSSR count). The van der Waals surface area contributed by atoms with Gasteiger partial charge in [0.15, 0.2) is 0 Å². The Morgan fingerprint density at radius 1 is 1.35 bits per heavy atom. The van der Waals surface area contributed by atoms with Crippen LogP contribution in [-0.2, 0) is 0 Å². The van der Waals surface area contributed by atoms with E-state index in [0.717, 1.165) is 20.6 Å². The largest absolute Gasteiger partial charge is 0.342 e. The molecule has 102 valence electrons. The molecule has 6 heteroatoms. The van der Waals surface area contributed by atoms with Gasteiger partial charge in [-0.2, -0.15) is 0 Å². The second-order valence-electron chi connectivity index (χ2n) is 4.44. The maximum absolute atomic E-state index is 12.1. The molecule has 0 aliphatic heterocycles. The summed E-state index contributed by atoms with van der Waals surface area (Å²) in [4.78, 5) is 20.5. The molecule has 1 atom stereocenters. The van der Waals surface area contributed by atoms with Crippen LogP contribution in [0.15, 0.2) is 40.2 Å². The number of hydrogen-bond acceptors (Lipinski definition) is 3. The number of nitrogens with one attached hydrogen (secondary N) is 2. The van der Waals surface area contributed by atoms with E-state index < -0.39 is 0 Å². The Kier molecular flexibility index (Phi) is 3.58. The molecule has 0 aliphatic carbocycles. The van der Waals surface area contributed by atoms with Crippen LogP contribution in [0.1, 0.15) is 28.5 Å². The van der Waals surface area contributed by atoms with Crippen molar-refractivity contribution in [3.8, 4) is 0 Å². The summed E-state index contributed by atoms with van der Waals surface area (Å²) in [6.45, 7) is 1.91. The molecule has 3 aromatic rings. The third kappa shape index (κ3) is 2.62. The SMILES string of the molecule is CC(NC(=O)c1ccc(Br)s1)c1nc2ccccc2[nH]1. The fraction of sp³-hybridized carbons (Fsp3) is 0.143. The van der Waals surface area contributed by atoms with Gasteiger partial charge in [-0.25, -0.2) is 4.98 Å². The Morgan fingerprint density at radius 2 is 2.15 bits per heavy atom. The number of aromatic amines is 1. The molecule has 1 aromatic carbocycles. The number of nitrogens with zero attached hydrogens (tertiary/aromatic N) is 1. The standard InChI is InChI=1S/C14H12BrN3OS/c1-8(16-14(19)11-6-7-12(15)20-11)13-17-9-4-2-3-5-10(9)18-13/h2-8H,1H3,(H,16,19)(H,17,18). The maximum Gasteiger partial charge on any atom is 0.261 e. The molecule has 2 aromatic heterocycles. The van der Waals surface area contributed by atoms with Crippen LogP contribution in [0.2, 0.25) is 0 Å². The van der Waals surface area contributed by atoms with Gasteiger partial charge in [0.25, 0.3) is 5.91 Å². The van der Waals surface area contributed by atoms with Gasteiger partial charge >= 0.3 is 0 Å². The number of para-hydroxylation sites is 2. The van der Waals surface area contributed by atoms with E-state index in [1.165, 1.54) is 11.3 Å². The number of carbonyl (C=O) groups excluding carboxylic acids is 1. The predicted molar refractivity (Wildman–Crippen MR) is 84.0 cm³/mol. The summed E-state index contributed by atoms with van der Waals surface area (Å²) in [7, 11) is 0. The average Bonchev–Trinajstić information content (AvgIpc) is 3.04. The first-order valence-corrected chi connectivity index (χ1v) is 7.75. The van der Waals surface area contributed by atoms with E-state index in [1.807, 2.05) is 37.3 Å². The van der Waals surface area contributed by atoms with Gasteiger partial charge in [-0.05, 0) is 47.1 Å². The van der Waals surface area contributed by atoms with Crippen LogP contribution in [0.4, 0.5) is 0 Å². The summed E-state index contributed by atoms with van der Waals surface area (Å²) >= 11 is 4.77. The molecule has 0 bridgehead atoms. The lowest BCUT2D eigenvalue weighted by Gasteiger charge is -2.10. The zero-order chi connectivity index (χ0) is 14.1. The molecular formula is C14H12BrN3OS. The highest BCUT2D eigenvalue weighted by atomic mass is 79.9. The van der Waals surface area contributed by atoms with Crippen molar-refractivity contribution in [3.05, 3.63) is 50.9 Å². The van der Waals surface area contributed by atoms with Gasteiger partial charge in [0.05, 0.1) is 25.7 Å². The monoisotopic (exact) mass is 349 g/mol. The minimum Gasteiger partial charge on any atom is -0.342 e. The number of benzene rings is 1. The third-order valence-corrected chi connectivity index (χ3v) is 4.58. The van der Waals surface area contributed by atoms with Crippen LogP contribution in [0.5, 0.6) is 0 Å². The Bertz CT molecular complexity index is 731. The maximum atomic E-state index is 12.1. The summed E-state index contributed by atoms with van der Waals surface area (Å²) in [6, 6.07) is 11.3. The van der Waals surface area contributed by atoms with Gasteiger partial charge in [-0.1, -0.05) is 12.1 Å². The molecule has 1 unspecified atom stereocenters. The fourth-order valence-electron chi connectivity index (χ4n) is 1.95. The molecule has 2 N–H and O–H groups in total. The lowest BCUT2D eigenvalue weighted by atomic mass is 10.3. The minimum atomic E-state index is -0.171. The summed E-state index contributed by atoms with van der Waals surface area (Å²) in [5.41, 5.74) is 1.88. The van der Waals surface area contributed by atoms with Crippen molar-refractivity contribution in [1.29, 1.82) is 0 Å². The number of H-pyrrole nitrogens is 1. The smallest absolute Gasteiger partial charge is 0.261 e. The molecule has 0 aliphatic rings. The Labute approximate surface area is 128 Å². The second kappa shape index (κ2) is 5.38. The first-order chi connectivity index (χ1) is 9.63. The van der Waals surface area contributed by atoms with Crippen LogP contribution in [0.25, 0.3) is 11.0 Å². The van der Waals surface area contributed by atoms with Gasteiger partial charge in [0, 0.05) is 0 Å². The number of thiophene rings is 1. The van der Waals surface area contributed by atoms with Crippen LogP contribution in [0, 0.1) is 0 Å². The summed E-state index contributed by atoms with van der Waals surface area (Å²) in [5, 5.41) is 2.94. The van der Waals surface area contributed by atoms with Crippen LogP contribution in [-0.4, -0.2) is 15.9 Å². The molecule has 0 radical (unpaired) electrons. The third-order valence-electron chi connectivity index (χ3n) is 2.96. The highest BCUT2D eigenvalue weighted by Gasteiger charge is 2.15. The van der Waals surface area contributed by atoms with E-state index >= 15 is 0 Å². The Balaban J connectivity index is 1.78. The number of imidazole rings is 1. The van der Waals surface area contributed by atoms with Crippen molar-refractivity contribution in [1.82, 2.24) is 15.3 Å². The van der Waals surface area contributed by atoms with Crippen molar-refractivity contribution in [2.24, 2.45) is 0 Å². The van der Waals surface area contributed by atoms with E-state index in [4.69, 9.17) is 0 Å². The van der Waals surface area contributed by atoms with E-state index in [2.05, 4.69) is 31.2 Å². The van der Waals surface area contributed by atoms with E-state index in [1.54, 1.807) is 6.07 Å². The first-order valence-electron chi connectivity index (χ1n) is 6.14. The molecule has 2 heterocycles. The lowest BCUT2D eigenvalue weighted by Crippen LogP contribution is -2.26. The highest BCUT2D eigenvalue weighted by molar-refractivity contribution is 9.11. The van der Waals surface area contributed by atoms with Gasteiger partial charge in [0.1, 0.15) is 5.82 Å². The van der Waals surface area contributed by atoms with Gasteiger partial charge < -0.3 is 10.3 Å². The van der Waals surface area contributed by atoms with Crippen LogP contribution >= 0.6 is 27.3 Å². The second-order valence-corrected chi connectivity index (χ2v) is 6.90. The molecular weight excluding hydrogens is 338 g/mol. The number of amides is 1. The molecule has 1 amide bonds. The highest BCUT2D eigenvalue weighted by Crippen LogP contribution is 2.23. The predicted octanol–water partition coefficient (Wildman–Crippen LogP) is 3.88. The summed E-state index contributed by atoms with van der Waals surface area (Å²) in [5.74, 6) is 0.670. The zero-order valence-electron chi connectivity index (χ0n) is 10.7. The number of fused-ring (bicyclic) bond motifs is 1. The number of carbonyl (C=O) groups is 1. The summed E-state index contributed by atoms with van der Waals surface area (Å²) < 4.78 is 0.944. The van der Waals surface area contributed by atoms with Crippen LogP contribution < -0.4 is 5.32 Å². The van der Waals surface area contributed by atoms with Crippen LogP contribution in [0.3, 0.4) is 0 Å². The average molecular weight is 350 g/mol. The van der Waals surface area contributed by atoms with Gasteiger partial charge in [-0.15, -0.1) is 11.3 Å². The molecule has 0 saturated carbocycles. The topological polar surface area (TPSA) is 57.8 Å². The van der Waals surface area contributed by atoms with E-state index in [9.17, 15) is 4.79 Å². The Morgan fingerprint density at radius 3 is 2.85 bits per heavy atom. The first kappa shape index (κ1) is 13.3. The van der Waals surface area contributed by atoms with Crippen molar-refractivity contribution in [2.75, 3.05) is 0 Å². The number of hydrogen-bond donors (Lipinski definition) is 2. The van der Waals surface area contributed by atoms with E-state index in [-0.39, 0.29) is 11.9 Å². The molecule has 20 heavy (non-hydrogen) atoms. The number of aromatic nitrogens is 2. The van der Waals surface area contributed by atoms with Crippen molar-refractivity contribution < 1.29 is 4.79 Å². The minimum absolute atomic E-state index is 0.0892. The molecule has 0 fully saturated rings. The van der Waals surface area contributed by atoms with E-state index in [0.29, 0.717) is 4.88 Å². The number of rotatable bonds is 3. The van der Waals surface area contributed by atoms with Gasteiger partial charge in [0.2, 0.25) is 0 Å². The van der Waals surface area contributed by atoms with Crippen molar-refractivity contribution in [3.63, 3.8) is 0 Å². The zero-order valence-corrected chi connectivity index (χ0v) is 13.1. The summed E-state index contributed by atoms with van der Waals surface area (Å²) in [6.07, 6.45) is 0. The van der Waals surface area contributed by atoms with Gasteiger partial charge in [-0.3, -0.25) is 4.79 Å². The Hall–Kier alpha value is -1.66. The molecule has 4 nitrogen and oxygen atoms in total. The lowest BCUT2D eigenvalue weighted by molar-refractivity contribution is 0.0942. The quantitative estimate of drug-likeness (QED) is 0.753. The number of halogens is 1. The fourth-order valence-corrected chi connectivity index (χ4v) is 3.24. The molecule has 0 spiro atoms.